The number of imide groups is 2. The summed E-state index contributed by atoms with van der Waals surface area (Å²) in [5.74, 6) is -0.629. The summed E-state index contributed by atoms with van der Waals surface area (Å²) >= 11 is 0. The number of nitrogens with one attached hydrogen (secondary N) is 2. The fraction of sp³-hybridized carbons (Fsp3) is 0.200. The average molecular weight is 544 g/mol. The van der Waals surface area contributed by atoms with Gasteiger partial charge in [0.2, 0.25) is 0 Å². The molecule has 10 heteroatoms. The average Bonchev–Trinajstić information content (AvgIpc) is 2.93. The zero-order chi connectivity index (χ0) is 28.8. The summed E-state index contributed by atoms with van der Waals surface area (Å²) < 4.78 is 16.5. The van der Waals surface area contributed by atoms with Crippen molar-refractivity contribution in [3.63, 3.8) is 0 Å². The molecule has 0 aliphatic carbocycles. The molecule has 40 heavy (non-hydrogen) atoms. The van der Waals surface area contributed by atoms with E-state index in [-0.39, 0.29) is 18.1 Å². The second-order valence-corrected chi connectivity index (χ2v) is 8.93. The molecule has 3 aromatic rings. The highest BCUT2D eigenvalue weighted by molar-refractivity contribution is 6.39. The SMILES string of the molecule is CCOc1cc(/C=C2/C(=O)NC(=O)N(c3ccc(C)c(C)c3)C2=O)ccc1OCC(=O)Nc1ccc(OC)cc1. The number of rotatable bonds is 9. The molecule has 0 radical (unpaired) electrons. The number of urea groups is 1. The summed E-state index contributed by atoms with van der Waals surface area (Å²) in [6.45, 7) is 5.61. The van der Waals surface area contributed by atoms with Crippen molar-refractivity contribution >= 4 is 41.2 Å². The van der Waals surface area contributed by atoms with Gasteiger partial charge in [-0.15, -0.1) is 0 Å². The zero-order valence-corrected chi connectivity index (χ0v) is 22.6. The van der Waals surface area contributed by atoms with Gasteiger partial charge >= 0.3 is 6.03 Å². The number of ether oxygens (including phenoxy) is 3. The van der Waals surface area contributed by atoms with Crippen LogP contribution >= 0.6 is 0 Å². The van der Waals surface area contributed by atoms with E-state index < -0.39 is 17.8 Å². The second kappa shape index (κ2) is 12.2. The molecular weight excluding hydrogens is 514 g/mol. The first-order valence-corrected chi connectivity index (χ1v) is 12.5. The Morgan fingerprint density at radius 3 is 2.35 bits per heavy atom. The Kier molecular flexibility index (Phi) is 8.48. The predicted octanol–water partition coefficient (Wildman–Crippen LogP) is 4.39. The summed E-state index contributed by atoms with van der Waals surface area (Å²) in [4.78, 5) is 51.7. The molecule has 206 valence electrons. The lowest BCUT2D eigenvalue weighted by Crippen LogP contribution is -2.54. The highest BCUT2D eigenvalue weighted by Crippen LogP contribution is 2.31. The number of carbonyl (C=O) groups excluding carboxylic acids is 4. The van der Waals surface area contributed by atoms with Crippen molar-refractivity contribution in [2.45, 2.75) is 20.8 Å². The Morgan fingerprint density at radius 1 is 0.925 bits per heavy atom. The third-order valence-corrected chi connectivity index (χ3v) is 6.16. The fourth-order valence-corrected chi connectivity index (χ4v) is 3.94. The number of hydrogen-bond acceptors (Lipinski definition) is 7. The Hall–Kier alpha value is -5.12. The summed E-state index contributed by atoms with van der Waals surface area (Å²) in [6.07, 6.45) is 1.38. The van der Waals surface area contributed by atoms with Gasteiger partial charge in [-0.3, -0.25) is 19.7 Å². The summed E-state index contributed by atoms with van der Waals surface area (Å²) in [7, 11) is 1.56. The molecule has 3 aromatic carbocycles. The van der Waals surface area contributed by atoms with E-state index in [1.54, 1.807) is 74.7 Å². The van der Waals surface area contributed by atoms with Crippen LogP contribution in [0, 0.1) is 13.8 Å². The van der Waals surface area contributed by atoms with Crippen LogP contribution in [0.1, 0.15) is 23.6 Å². The number of barbiturate groups is 1. The maximum atomic E-state index is 13.3. The van der Waals surface area contributed by atoms with Crippen LogP contribution in [0.4, 0.5) is 16.2 Å². The monoisotopic (exact) mass is 543 g/mol. The molecule has 0 aromatic heterocycles. The molecular formula is C30H29N3O7. The highest BCUT2D eigenvalue weighted by Gasteiger charge is 2.37. The van der Waals surface area contributed by atoms with Crippen LogP contribution < -0.4 is 29.7 Å². The van der Waals surface area contributed by atoms with Crippen molar-refractivity contribution in [1.82, 2.24) is 5.32 Å². The lowest BCUT2D eigenvalue weighted by Gasteiger charge is -2.27. The van der Waals surface area contributed by atoms with Crippen molar-refractivity contribution in [3.05, 3.63) is 82.9 Å². The molecule has 0 atom stereocenters. The normalized spacial score (nSPS) is 14.2. The Balaban J connectivity index is 1.52. The number of amides is 5. The molecule has 1 aliphatic heterocycles. The molecule has 5 amide bonds. The van der Waals surface area contributed by atoms with Gasteiger partial charge in [-0.05, 0) is 92.1 Å². The van der Waals surface area contributed by atoms with Crippen LogP contribution in [0.5, 0.6) is 17.2 Å². The minimum absolute atomic E-state index is 0.215. The summed E-state index contributed by atoms with van der Waals surface area (Å²) in [5, 5.41) is 4.96. The van der Waals surface area contributed by atoms with Crippen LogP contribution in [0.2, 0.25) is 0 Å². The van der Waals surface area contributed by atoms with Crippen LogP contribution in [0.25, 0.3) is 6.08 Å². The lowest BCUT2D eigenvalue weighted by atomic mass is 10.0. The van der Waals surface area contributed by atoms with Crippen LogP contribution in [-0.4, -0.2) is 44.1 Å². The highest BCUT2D eigenvalue weighted by atomic mass is 16.5. The lowest BCUT2D eigenvalue weighted by molar-refractivity contribution is -0.122. The van der Waals surface area contributed by atoms with E-state index in [1.807, 2.05) is 13.8 Å². The maximum absolute atomic E-state index is 13.3. The van der Waals surface area contributed by atoms with Gasteiger partial charge in [-0.1, -0.05) is 12.1 Å². The first kappa shape index (κ1) is 27.9. The summed E-state index contributed by atoms with van der Waals surface area (Å²) in [5.41, 5.74) is 3.10. The Labute approximate surface area is 231 Å². The predicted molar refractivity (Wildman–Crippen MR) is 150 cm³/mol. The number of hydrogen-bond donors (Lipinski definition) is 2. The number of benzene rings is 3. The number of aryl methyl sites for hydroxylation is 2. The van der Waals surface area contributed by atoms with Gasteiger partial charge in [-0.25, -0.2) is 9.69 Å². The van der Waals surface area contributed by atoms with E-state index in [9.17, 15) is 19.2 Å². The number of anilines is 2. The molecule has 1 heterocycles. The van der Waals surface area contributed by atoms with E-state index in [0.29, 0.717) is 40.8 Å². The van der Waals surface area contributed by atoms with Gasteiger partial charge in [0.05, 0.1) is 19.4 Å². The number of nitrogens with zero attached hydrogens (tertiary/aromatic N) is 1. The van der Waals surface area contributed by atoms with Crippen molar-refractivity contribution < 1.29 is 33.4 Å². The molecule has 4 rings (SSSR count). The van der Waals surface area contributed by atoms with Gasteiger partial charge in [0.25, 0.3) is 17.7 Å². The maximum Gasteiger partial charge on any atom is 0.335 e. The van der Waals surface area contributed by atoms with Gasteiger partial charge in [0, 0.05) is 5.69 Å². The van der Waals surface area contributed by atoms with Gasteiger partial charge in [0.1, 0.15) is 11.3 Å². The van der Waals surface area contributed by atoms with E-state index in [1.165, 1.54) is 6.08 Å². The molecule has 1 saturated heterocycles. The molecule has 2 N–H and O–H groups in total. The Morgan fingerprint density at radius 2 is 1.68 bits per heavy atom. The minimum Gasteiger partial charge on any atom is -0.497 e. The van der Waals surface area contributed by atoms with Gasteiger partial charge in [-0.2, -0.15) is 0 Å². The van der Waals surface area contributed by atoms with E-state index in [0.717, 1.165) is 16.0 Å². The first-order valence-electron chi connectivity index (χ1n) is 12.5. The second-order valence-electron chi connectivity index (χ2n) is 8.93. The quantitative estimate of drug-likeness (QED) is 0.303. The third kappa shape index (κ3) is 6.29. The summed E-state index contributed by atoms with van der Waals surface area (Å²) in [6, 6.07) is 16.0. The van der Waals surface area contributed by atoms with Crippen molar-refractivity contribution in [2.75, 3.05) is 30.5 Å². The van der Waals surface area contributed by atoms with E-state index >= 15 is 0 Å². The van der Waals surface area contributed by atoms with Crippen LogP contribution in [0.15, 0.2) is 66.2 Å². The van der Waals surface area contributed by atoms with Crippen molar-refractivity contribution in [1.29, 1.82) is 0 Å². The molecule has 1 aliphatic rings. The fourth-order valence-electron chi connectivity index (χ4n) is 3.94. The molecule has 0 bridgehead atoms. The van der Waals surface area contributed by atoms with Crippen LogP contribution in [-0.2, 0) is 14.4 Å². The third-order valence-electron chi connectivity index (χ3n) is 6.16. The smallest absolute Gasteiger partial charge is 0.335 e. The van der Waals surface area contributed by atoms with E-state index in [4.69, 9.17) is 14.2 Å². The largest absolute Gasteiger partial charge is 0.497 e. The molecule has 0 spiro atoms. The minimum atomic E-state index is -0.818. The first-order chi connectivity index (χ1) is 19.2. The number of carbonyl (C=O) groups is 4. The number of methoxy groups -OCH3 is 1. The standard InChI is InChI=1S/C30H29N3O7/c1-5-39-26-16-20(7-13-25(26)40-17-27(34)31-21-8-11-23(38-4)12-9-21)15-24-28(35)32-30(37)33(29(24)36)22-10-6-18(2)19(3)14-22/h6-16H,5,17H2,1-4H3,(H,31,34)(H,32,35,37)/b24-15-. The molecule has 0 saturated carbocycles. The van der Waals surface area contributed by atoms with Crippen LogP contribution in [0.3, 0.4) is 0 Å². The van der Waals surface area contributed by atoms with Crippen molar-refractivity contribution in [2.24, 2.45) is 0 Å². The zero-order valence-electron chi connectivity index (χ0n) is 22.6. The molecule has 0 unspecified atom stereocenters. The van der Waals surface area contributed by atoms with Crippen molar-refractivity contribution in [3.8, 4) is 17.2 Å². The van der Waals surface area contributed by atoms with Gasteiger partial charge in [0.15, 0.2) is 18.1 Å². The Bertz CT molecular complexity index is 1500. The molecule has 1 fully saturated rings. The van der Waals surface area contributed by atoms with E-state index in [2.05, 4.69) is 10.6 Å². The topological polar surface area (TPSA) is 123 Å². The molecule has 10 nitrogen and oxygen atoms in total. The van der Waals surface area contributed by atoms with Gasteiger partial charge < -0.3 is 19.5 Å².